The van der Waals surface area contributed by atoms with Gasteiger partial charge in [-0.2, -0.15) is 5.10 Å². The molecule has 6 heteroatoms. The van der Waals surface area contributed by atoms with Crippen LogP contribution in [0, 0.1) is 0 Å². The second kappa shape index (κ2) is 8.53. The van der Waals surface area contributed by atoms with Crippen molar-refractivity contribution in [1.82, 2.24) is 10.4 Å². The van der Waals surface area contributed by atoms with Gasteiger partial charge in [-0.1, -0.05) is 0 Å². The standard InChI is InChI=1S/C17H19N3O3/c1-3-22-15-8-7-13(10-16(15)23-4-2)11-19-20-17(21)14-6-5-9-18-12-14/h5-12H,3-4H2,1-2H3,(H,20,21)/b19-11-. The van der Waals surface area contributed by atoms with Gasteiger partial charge in [-0.25, -0.2) is 5.43 Å². The summed E-state index contributed by atoms with van der Waals surface area (Å²) in [4.78, 5) is 15.7. The molecule has 0 aliphatic rings. The number of hydrogen-bond acceptors (Lipinski definition) is 5. The maximum absolute atomic E-state index is 11.8. The highest BCUT2D eigenvalue weighted by Gasteiger charge is 2.06. The third kappa shape index (κ3) is 4.81. The van der Waals surface area contributed by atoms with Crippen LogP contribution in [0.4, 0.5) is 0 Å². The smallest absolute Gasteiger partial charge is 0.272 e. The summed E-state index contributed by atoms with van der Waals surface area (Å²) in [5.74, 6) is 1.02. The third-order valence-corrected chi connectivity index (χ3v) is 2.87. The van der Waals surface area contributed by atoms with E-state index in [4.69, 9.17) is 9.47 Å². The lowest BCUT2D eigenvalue weighted by Crippen LogP contribution is -2.17. The highest BCUT2D eigenvalue weighted by Crippen LogP contribution is 2.27. The Bertz CT molecular complexity index is 672. The van der Waals surface area contributed by atoms with Crippen LogP contribution in [0.1, 0.15) is 29.8 Å². The molecule has 0 spiro atoms. The number of amides is 1. The van der Waals surface area contributed by atoms with Crippen molar-refractivity contribution in [2.24, 2.45) is 5.10 Å². The van der Waals surface area contributed by atoms with Gasteiger partial charge in [0.1, 0.15) is 0 Å². The summed E-state index contributed by atoms with van der Waals surface area (Å²) in [6.45, 7) is 4.93. The Kier molecular flexibility index (Phi) is 6.11. The summed E-state index contributed by atoms with van der Waals surface area (Å²) in [5.41, 5.74) is 3.70. The van der Waals surface area contributed by atoms with Gasteiger partial charge in [0, 0.05) is 12.4 Å². The molecule has 1 heterocycles. The molecule has 1 aromatic carbocycles. The Labute approximate surface area is 135 Å². The molecule has 0 bridgehead atoms. The summed E-state index contributed by atoms with van der Waals surface area (Å²) in [7, 11) is 0. The molecule has 0 unspecified atom stereocenters. The summed E-state index contributed by atoms with van der Waals surface area (Å²) in [5, 5.41) is 3.95. The van der Waals surface area contributed by atoms with E-state index in [0.29, 0.717) is 30.3 Å². The van der Waals surface area contributed by atoms with Crippen LogP contribution in [0.3, 0.4) is 0 Å². The normalized spacial score (nSPS) is 10.5. The van der Waals surface area contributed by atoms with Gasteiger partial charge in [0.2, 0.25) is 0 Å². The molecular formula is C17H19N3O3. The van der Waals surface area contributed by atoms with E-state index in [1.165, 1.54) is 6.20 Å². The summed E-state index contributed by atoms with van der Waals surface area (Å²) in [6, 6.07) is 8.83. The van der Waals surface area contributed by atoms with E-state index in [9.17, 15) is 4.79 Å². The minimum atomic E-state index is -0.315. The van der Waals surface area contributed by atoms with Crippen LogP contribution in [0.15, 0.2) is 47.8 Å². The van der Waals surface area contributed by atoms with Crippen LogP contribution in [0.5, 0.6) is 11.5 Å². The number of hydrogen-bond donors (Lipinski definition) is 1. The number of rotatable bonds is 7. The number of pyridine rings is 1. The van der Waals surface area contributed by atoms with E-state index in [-0.39, 0.29) is 5.91 Å². The lowest BCUT2D eigenvalue weighted by Gasteiger charge is -2.11. The number of ether oxygens (including phenoxy) is 2. The number of nitrogens with zero attached hydrogens (tertiary/aromatic N) is 2. The predicted octanol–water partition coefficient (Wildman–Crippen LogP) is 2.64. The zero-order valence-electron chi connectivity index (χ0n) is 13.2. The van der Waals surface area contributed by atoms with Gasteiger partial charge in [0.05, 0.1) is 25.0 Å². The first-order chi connectivity index (χ1) is 11.2. The number of hydrazone groups is 1. The third-order valence-electron chi connectivity index (χ3n) is 2.87. The average molecular weight is 313 g/mol. The number of carbonyl (C=O) groups excluding carboxylic acids is 1. The van der Waals surface area contributed by atoms with E-state index >= 15 is 0 Å². The molecule has 0 saturated carbocycles. The molecule has 0 fully saturated rings. The molecule has 1 N–H and O–H groups in total. The molecule has 2 aromatic rings. The number of benzene rings is 1. The van der Waals surface area contributed by atoms with Gasteiger partial charge in [-0.3, -0.25) is 9.78 Å². The number of nitrogens with one attached hydrogen (secondary N) is 1. The van der Waals surface area contributed by atoms with Gasteiger partial charge in [-0.05, 0) is 49.7 Å². The fraction of sp³-hybridized carbons (Fsp3) is 0.235. The largest absolute Gasteiger partial charge is 0.490 e. The Balaban J connectivity index is 2.04. The zero-order chi connectivity index (χ0) is 16.5. The summed E-state index contributed by atoms with van der Waals surface area (Å²) < 4.78 is 11.0. The molecule has 0 aliphatic heterocycles. The van der Waals surface area contributed by atoms with Crippen LogP contribution in [0.25, 0.3) is 0 Å². The van der Waals surface area contributed by atoms with Crippen LogP contribution in [-0.2, 0) is 0 Å². The van der Waals surface area contributed by atoms with Crippen molar-refractivity contribution in [3.63, 3.8) is 0 Å². The van der Waals surface area contributed by atoms with E-state index in [1.807, 2.05) is 32.0 Å². The topological polar surface area (TPSA) is 72.8 Å². The van der Waals surface area contributed by atoms with E-state index < -0.39 is 0 Å². The van der Waals surface area contributed by atoms with Crippen LogP contribution in [0.2, 0.25) is 0 Å². The van der Waals surface area contributed by atoms with Crippen LogP contribution < -0.4 is 14.9 Å². The van der Waals surface area contributed by atoms with E-state index in [0.717, 1.165) is 5.56 Å². The lowest BCUT2D eigenvalue weighted by atomic mass is 10.2. The molecule has 0 atom stereocenters. The van der Waals surface area contributed by atoms with Crippen molar-refractivity contribution in [2.45, 2.75) is 13.8 Å². The van der Waals surface area contributed by atoms with Gasteiger partial charge in [0.15, 0.2) is 11.5 Å². The van der Waals surface area contributed by atoms with Gasteiger partial charge >= 0.3 is 0 Å². The second-order valence-corrected chi connectivity index (χ2v) is 4.51. The van der Waals surface area contributed by atoms with Crippen molar-refractivity contribution in [3.8, 4) is 11.5 Å². The minimum absolute atomic E-state index is 0.315. The highest BCUT2D eigenvalue weighted by atomic mass is 16.5. The average Bonchev–Trinajstić information content (AvgIpc) is 2.58. The monoisotopic (exact) mass is 313 g/mol. The first-order valence-corrected chi connectivity index (χ1v) is 7.37. The molecule has 0 radical (unpaired) electrons. The Hall–Kier alpha value is -2.89. The molecule has 0 aliphatic carbocycles. The SMILES string of the molecule is CCOc1ccc(/C=N\NC(=O)c2cccnc2)cc1OCC. The first kappa shape index (κ1) is 16.5. The van der Waals surface area contributed by atoms with Crippen LogP contribution >= 0.6 is 0 Å². The van der Waals surface area contributed by atoms with Gasteiger partial charge in [0.25, 0.3) is 5.91 Å². The molecule has 2 rings (SSSR count). The molecule has 6 nitrogen and oxygen atoms in total. The first-order valence-electron chi connectivity index (χ1n) is 7.37. The molecular weight excluding hydrogens is 294 g/mol. The van der Waals surface area contributed by atoms with E-state index in [1.54, 1.807) is 24.5 Å². The molecule has 1 amide bonds. The fourth-order valence-corrected chi connectivity index (χ4v) is 1.88. The zero-order valence-corrected chi connectivity index (χ0v) is 13.2. The summed E-state index contributed by atoms with van der Waals surface area (Å²) in [6.07, 6.45) is 4.64. The van der Waals surface area contributed by atoms with Gasteiger partial charge in [-0.15, -0.1) is 0 Å². The van der Waals surface area contributed by atoms with Crippen molar-refractivity contribution in [2.75, 3.05) is 13.2 Å². The molecule has 0 saturated heterocycles. The maximum Gasteiger partial charge on any atom is 0.272 e. The van der Waals surface area contributed by atoms with Crippen LogP contribution in [-0.4, -0.2) is 30.3 Å². The highest BCUT2D eigenvalue weighted by molar-refractivity contribution is 5.94. The maximum atomic E-state index is 11.8. The predicted molar refractivity (Wildman–Crippen MR) is 88.1 cm³/mol. The Morgan fingerprint density at radius 3 is 2.70 bits per heavy atom. The van der Waals surface area contributed by atoms with Crippen molar-refractivity contribution in [3.05, 3.63) is 53.9 Å². The summed E-state index contributed by atoms with van der Waals surface area (Å²) >= 11 is 0. The minimum Gasteiger partial charge on any atom is -0.490 e. The van der Waals surface area contributed by atoms with E-state index in [2.05, 4.69) is 15.5 Å². The molecule has 120 valence electrons. The second-order valence-electron chi connectivity index (χ2n) is 4.51. The Morgan fingerprint density at radius 1 is 1.22 bits per heavy atom. The quantitative estimate of drug-likeness (QED) is 0.630. The van der Waals surface area contributed by atoms with Crippen molar-refractivity contribution >= 4 is 12.1 Å². The lowest BCUT2D eigenvalue weighted by molar-refractivity contribution is 0.0955. The number of aromatic nitrogens is 1. The Morgan fingerprint density at radius 2 is 2.00 bits per heavy atom. The molecule has 1 aromatic heterocycles. The van der Waals surface area contributed by atoms with Gasteiger partial charge < -0.3 is 9.47 Å². The molecule has 23 heavy (non-hydrogen) atoms. The van der Waals surface area contributed by atoms with Crippen molar-refractivity contribution in [1.29, 1.82) is 0 Å². The number of carbonyl (C=O) groups is 1. The van der Waals surface area contributed by atoms with Crippen molar-refractivity contribution < 1.29 is 14.3 Å². The fourth-order valence-electron chi connectivity index (χ4n) is 1.88.